The topological polar surface area (TPSA) is 47.3 Å². The van der Waals surface area contributed by atoms with Crippen molar-refractivity contribution in [2.75, 3.05) is 13.2 Å². The highest BCUT2D eigenvalue weighted by molar-refractivity contribution is 5.07. The summed E-state index contributed by atoms with van der Waals surface area (Å²) in [6.07, 6.45) is 10.0. The molecule has 4 saturated carbocycles. The normalized spacial score (nSPS) is 51.8. The predicted octanol–water partition coefficient (Wildman–Crippen LogP) is 2.07. The molecule has 2 unspecified atom stereocenters. The zero-order valence-electron chi connectivity index (χ0n) is 11.2. The second-order valence-corrected chi connectivity index (χ2v) is 7.55. The second-order valence-electron chi connectivity index (χ2n) is 7.55. The molecule has 5 rings (SSSR count). The van der Waals surface area contributed by atoms with E-state index >= 15 is 0 Å². The number of hydrazine groups is 1. The van der Waals surface area contributed by atoms with E-state index in [4.69, 9.17) is 10.6 Å². The third-order valence-corrected chi connectivity index (χ3v) is 6.36. The van der Waals surface area contributed by atoms with Crippen LogP contribution < -0.4 is 11.3 Å². The molecule has 5 fully saturated rings. The zero-order chi connectivity index (χ0) is 12.2. The van der Waals surface area contributed by atoms with E-state index < -0.39 is 0 Å². The first kappa shape index (κ1) is 11.7. The van der Waals surface area contributed by atoms with Gasteiger partial charge in [0, 0.05) is 18.6 Å². The summed E-state index contributed by atoms with van der Waals surface area (Å²) in [6.45, 7) is 1.87. The summed E-state index contributed by atoms with van der Waals surface area (Å²) in [5.41, 5.74) is 3.74. The molecular weight excluding hydrogens is 224 g/mol. The summed E-state index contributed by atoms with van der Waals surface area (Å²) in [5, 5.41) is 0. The minimum Gasteiger partial charge on any atom is -0.381 e. The van der Waals surface area contributed by atoms with Crippen LogP contribution in [-0.4, -0.2) is 19.3 Å². The maximum Gasteiger partial charge on any atom is 0.0510 e. The average molecular weight is 250 g/mol. The Hall–Kier alpha value is -0.120. The van der Waals surface area contributed by atoms with Crippen LogP contribution in [0.3, 0.4) is 0 Å². The largest absolute Gasteiger partial charge is 0.381 e. The van der Waals surface area contributed by atoms with Crippen molar-refractivity contribution in [3.05, 3.63) is 0 Å². The molecule has 3 N–H and O–H groups in total. The van der Waals surface area contributed by atoms with Gasteiger partial charge in [-0.3, -0.25) is 11.3 Å². The molecule has 5 aliphatic rings. The highest BCUT2D eigenvalue weighted by Crippen LogP contribution is 2.62. The first-order valence-electron chi connectivity index (χ1n) is 7.83. The van der Waals surface area contributed by atoms with Crippen LogP contribution in [-0.2, 0) is 4.74 Å². The van der Waals surface area contributed by atoms with E-state index in [-0.39, 0.29) is 0 Å². The molecule has 3 heteroatoms. The highest BCUT2D eigenvalue weighted by atomic mass is 16.5. The molecule has 0 radical (unpaired) electrons. The van der Waals surface area contributed by atoms with Crippen molar-refractivity contribution in [1.82, 2.24) is 5.43 Å². The van der Waals surface area contributed by atoms with Crippen molar-refractivity contribution >= 4 is 0 Å². The fraction of sp³-hybridized carbons (Fsp3) is 1.00. The van der Waals surface area contributed by atoms with Gasteiger partial charge in [0.2, 0.25) is 0 Å². The van der Waals surface area contributed by atoms with Crippen LogP contribution in [0.4, 0.5) is 0 Å². The van der Waals surface area contributed by atoms with Crippen LogP contribution in [0, 0.1) is 29.1 Å². The molecule has 0 aromatic carbocycles. The summed E-state index contributed by atoms with van der Waals surface area (Å²) in [4.78, 5) is 0. The van der Waals surface area contributed by atoms with Crippen LogP contribution in [0.2, 0.25) is 0 Å². The lowest BCUT2D eigenvalue weighted by atomic mass is 9.46. The quantitative estimate of drug-likeness (QED) is 0.595. The maximum atomic E-state index is 5.97. The highest BCUT2D eigenvalue weighted by Gasteiger charge is 2.55. The Labute approximate surface area is 110 Å². The summed E-state index contributed by atoms with van der Waals surface area (Å²) in [6, 6.07) is 0.508. The van der Waals surface area contributed by atoms with Crippen molar-refractivity contribution < 1.29 is 4.74 Å². The Kier molecular flexibility index (Phi) is 2.72. The second kappa shape index (κ2) is 4.19. The molecule has 3 nitrogen and oxygen atoms in total. The van der Waals surface area contributed by atoms with E-state index in [2.05, 4.69) is 5.43 Å². The summed E-state index contributed by atoms with van der Waals surface area (Å²) >= 11 is 0. The Balaban J connectivity index is 1.61. The molecule has 4 bridgehead atoms. The Bertz CT molecular complexity index is 289. The SMILES string of the molecule is NNC(C1CCOC1)C12CC3CC(CC(C3)C1)C2. The minimum atomic E-state index is 0.508. The predicted molar refractivity (Wildman–Crippen MR) is 70.6 cm³/mol. The number of rotatable bonds is 3. The lowest BCUT2D eigenvalue weighted by Crippen LogP contribution is -2.60. The Morgan fingerprint density at radius 2 is 1.67 bits per heavy atom. The molecule has 1 aliphatic heterocycles. The van der Waals surface area contributed by atoms with Gasteiger partial charge in [0.1, 0.15) is 0 Å². The molecule has 18 heavy (non-hydrogen) atoms. The zero-order valence-corrected chi connectivity index (χ0v) is 11.2. The molecule has 0 spiro atoms. The van der Waals surface area contributed by atoms with Crippen LogP contribution in [0.25, 0.3) is 0 Å². The standard InChI is InChI=1S/C15H26N2O/c16-17-14(13-1-2-18-9-13)15-6-10-3-11(7-15)5-12(4-10)8-15/h10-14,17H,1-9,16H2. The first-order chi connectivity index (χ1) is 8.79. The summed E-state index contributed by atoms with van der Waals surface area (Å²) in [7, 11) is 0. The van der Waals surface area contributed by atoms with Crippen molar-refractivity contribution in [2.45, 2.75) is 51.0 Å². The smallest absolute Gasteiger partial charge is 0.0510 e. The van der Waals surface area contributed by atoms with E-state index in [1.54, 1.807) is 0 Å². The molecule has 0 aromatic heterocycles. The van der Waals surface area contributed by atoms with Gasteiger partial charge < -0.3 is 4.74 Å². The summed E-state index contributed by atoms with van der Waals surface area (Å²) in [5.74, 6) is 9.65. The molecule has 0 aromatic rings. The van der Waals surface area contributed by atoms with Crippen LogP contribution >= 0.6 is 0 Å². The first-order valence-corrected chi connectivity index (χ1v) is 7.83. The fourth-order valence-electron chi connectivity index (χ4n) is 6.19. The van der Waals surface area contributed by atoms with Gasteiger partial charge in [0.05, 0.1) is 6.61 Å². The number of hydrogen-bond acceptors (Lipinski definition) is 3. The fourth-order valence-corrected chi connectivity index (χ4v) is 6.19. The lowest BCUT2D eigenvalue weighted by Gasteiger charge is -2.60. The molecule has 0 amide bonds. The molecule has 4 aliphatic carbocycles. The monoisotopic (exact) mass is 250 g/mol. The molecule has 1 saturated heterocycles. The van der Waals surface area contributed by atoms with Gasteiger partial charge in [0.25, 0.3) is 0 Å². The van der Waals surface area contributed by atoms with Gasteiger partial charge in [-0.25, -0.2) is 0 Å². The number of nitrogens with two attached hydrogens (primary N) is 1. The van der Waals surface area contributed by atoms with E-state index in [0.29, 0.717) is 17.4 Å². The van der Waals surface area contributed by atoms with Crippen molar-refractivity contribution in [1.29, 1.82) is 0 Å². The molecule has 1 heterocycles. The van der Waals surface area contributed by atoms with Gasteiger partial charge in [-0.1, -0.05) is 0 Å². The van der Waals surface area contributed by atoms with Crippen molar-refractivity contribution in [3.63, 3.8) is 0 Å². The average Bonchev–Trinajstić information content (AvgIpc) is 2.81. The van der Waals surface area contributed by atoms with E-state index in [1.807, 2.05) is 0 Å². The molecule has 2 atom stereocenters. The van der Waals surface area contributed by atoms with Crippen molar-refractivity contribution in [2.24, 2.45) is 34.9 Å². The lowest BCUT2D eigenvalue weighted by molar-refractivity contribution is -0.0853. The number of ether oxygens (including phenoxy) is 1. The number of hydrogen-bond donors (Lipinski definition) is 2. The molecular formula is C15H26N2O. The minimum absolute atomic E-state index is 0.508. The van der Waals surface area contributed by atoms with Crippen LogP contribution in [0.15, 0.2) is 0 Å². The van der Waals surface area contributed by atoms with Crippen molar-refractivity contribution in [3.8, 4) is 0 Å². The molecule has 102 valence electrons. The van der Waals surface area contributed by atoms with E-state index in [1.165, 1.54) is 44.9 Å². The van der Waals surface area contributed by atoms with E-state index in [9.17, 15) is 0 Å². The maximum absolute atomic E-state index is 5.97. The van der Waals surface area contributed by atoms with Gasteiger partial charge in [-0.2, -0.15) is 0 Å². The third kappa shape index (κ3) is 1.67. The van der Waals surface area contributed by atoms with Crippen LogP contribution in [0.5, 0.6) is 0 Å². The number of nitrogens with one attached hydrogen (secondary N) is 1. The Morgan fingerprint density at radius 3 is 2.11 bits per heavy atom. The Morgan fingerprint density at radius 1 is 1.06 bits per heavy atom. The van der Waals surface area contributed by atoms with Gasteiger partial charge in [0.15, 0.2) is 0 Å². The van der Waals surface area contributed by atoms with Crippen LogP contribution in [0.1, 0.15) is 44.9 Å². The summed E-state index contributed by atoms with van der Waals surface area (Å²) < 4.78 is 5.61. The van der Waals surface area contributed by atoms with Gasteiger partial charge in [-0.05, 0) is 68.1 Å². The third-order valence-electron chi connectivity index (χ3n) is 6.36. The van der Waals surface area contributed by atoms with Gasteiger partial charge in [-0.15, -0.1) is 0 Å². The van der Waals surface area contributed by atoms with Gasteiger partial charge >= 0.3 is 0 Å². The van der Waals surface area contributed by atoms with E-state index in [0.717, 1.165) is 31.0 Å².